The fraction of sp³-hybridized carbons (Fsp3) is 0.105. The number of nitrogens with two attached hydrogens (primary N) is 1. The number of nitrogens with zero attached hydrogens (tertiary/aromatic N) is 3. The zero-order valence-electron chi connectivity index (χ0n) is 13.7. The van der Waals surface area contributed by atoms with Crippen LogP contribution in [0.3, 0.4) is 0 Å². The average Bonchev–Trinajstić information content (AvgIpc) is 2.57. The molecule has 0 fully saturated rings. The van der Waals surface area contributed by atoms with Gasteiger partial charge in [0, 0.05) is 17.3 Å². The second kappa shape index (κ2) is 6.91. The van der Waals surface area contributed by atoms with Gasteiger partial charge >= 0.3 is 0 Å². The van der Waals surface area contributed by atoms with E-state index >= 15 is 0 Å². The largest absolute Gasteiger partial charge is 0.398 e. The number of nitrogen functional groups attached to an aromatic ring is 1. The van der Waals surface area contributed by atoms with Gasteiger partial charge in [-0.05, 0) is 25.5 Å². The van der Waals surface area contributed by atoms with Gasteiger partial charge in [-0.3, -0.25) is 5.43 Å². The van der Waals surface area contributed by atoms with Gasteiger partial charge in [0.05, 0.1) is 11.9 Å². The number of aryl methyl sites for hydroxylation is 2. The molecule has 24 heavy (non-hydrogen) atoms. The van der Waals surface area contributed by atoms with Crippen molar-refractivity contribution in [2.24, 2.45) is 5.10 Å². The Morgan fingerprint density at radius 3 is 2.50 bits per heavy atom. The highest BCUT2D eigenvalue weighted by Crippen LogP contribution is 2.25. The lowest BCUT2D eigenvalue weighted by Gasteiger charge is -2.07. The van der Waals surface area contributed by atoms with Gasteiger partial charge in [-0.2, -0.15) is 5.10 Å². The van der Waals surface area contributed by atoms with E-state index in [0.717, 1.165) is 16.8 Å². The van der Waals surface area contributed by atoms with Crippen molar-refractivity contribution in [1.29, 1.82) is 0 Å². The minimum absolute atomic E-state index is 0.629. The second-order valence-electron chi connectivity index (χ2n) is 5.55. The van der Waals surface area contributed by atoms with E-state index < -0.39 is 0 Å². The quantitative estimate of drug-likeness (QED) is 0.436. The fourth-order valence-electron chi connectivity index (χ4n) is 2.32. The summed E-state index contributed by atoms with van der Waals surface area (Å²) in [6.45, 7) is 3.90. The lowest BCUT2D eigenvalue weighted by Crippen LogP contribution is -2.00. The van der Waals surface area contributed by atoms with Crippen molar-refractivity contribution >= 4 is 17.7 Å². The van der Waals surface area contributed by atoms with Crippen LogP contribution in [0, 0.1) is 13.8 Å². The Bertz CT molecular complexity index is 869. The molecule has 5 heteroatoms. The predicted molar refractivity (Wildman–Crippen MR) is 99.0 cm³/mol. The maximum atomic E-state index is 6.03. The zero-order valence-corrected chi connectivity index (χ0v) is 13.7. The summed E-state index contributed by atoms with van der Waals surface area (Å²) in [4.78, 5) is 8.82. The van der Waals surface area contributed by atoms with Crippen LogP contribution in [0.1, 0.15) is 17.0 Å². The smallest absolute Gasteiger partial charge is 0.150 e. The van der Waals surface area contributed by atoms with Gasteiger partial charge < -0.3 is 5.73 Å². The molecule has 0 amide bonds. The van der Waals surface area contributed by atoms with Crippen LogP contribution >= 0.6 is 0 Å². The van der Waals surface area contributed by atoms with Gasteiger partial charge in [-0.25, -0.2) is 9.97 Å². The van der Waals surface area contributed by atoms with Crippen LogP contribution in [-0.2, 0) is 0 Å². The topological polar surface area (TPSA) is 76.2 Å². The third-order valence-corrected chi connectivity index (χ3v) is 3.54. The van der Waals surface area contributed by atoms with Crippen molar-refractivity contribution in [3.05, 3.63) is 71.5 Å². The molecule has 0 aliphatic heterocycles. The highest BCUT2D eigenvalue weighted by Gasteiger charge is 2.06. The first-order chi connectivity index (χ1) is 11.6. The van der Waals surface area contributed by atoms with Crippen LogP contribution in [0.2, 0.25) is 0 Å². The number of hydrazone groups is 1. The molecule has 3 aromatic rings. The van der Waals surface area contributed by atoms with Gasteiger partial charge in [0.15, 0.2) is 0 Å². The molecule has 0 spiro atoms. The van der Waals surface area contributed by atoms with Crippen molar-refractivity contribution in [2.75, 3.05) is 11.2 Å². The van der Waals surface area contributed by atoms with E-state index in [0.29, 0.717) is 17.3 Å². The zero-order chi connectivity index (χ0) is 16.9. The number of rotatable bonds is 4. The molecule has 0 unspecified atom stereocenters. The first kappa shape index (κ1) is 15.7. The molecule has 0 aliphatic rings. The molecule has 0 radical (unpaired) electrons. The molecular weight excluding hydrogens is 298 g/mol. The summed E-state index contributed by atoms with van der Waals surface area (Å²) < 4.78 is 0. The van der Waals surface area contributed by atoms with Crippen LogP contribution in [0.5, 0.6) is 0 Å². The number of aromatic nitrogens is 2. The van der Waals surface area contributed by atoms with Gasteiger partial charge in [0.2, 0.25) is 0 Å². The molecule has 0 aliphatic carbocycles. The summed E-state index contributed by atoms with van der Waals surface area (Å²) in [5.74, 6) is 1.29. The van der Waals surface area contributed by atoms with Crippen molar-refractivity contribution in [3.8, 4) is 11.3 Å². The lowest BCUT2D eigenvalue weighted by atomic mass is 10.1. The van der Waals surface area contributed by atoms with E-state index in [2.05, 4.69) is 27.4 Å². The third-order valence-electron chi connectivity index (χ3n) is 3.54. The molecule has 5 nitrogen and oxygen atoms in total. The molecule has 3 N–H and O–H groups in total. The van der Waals surface area contributed by atoms with Crippen LogP contribution in [0.4, 0.5) is 11.5 Å². The Labute approximate surface area is 141 Å². The summed E-state index contributed by atoms with van der Waals surface area (Å²) in [5.41, 5.74) is 13.6. The van der Waals surface area contributed by atoms with Crippen LogP contribution in [-0.4, -0.2) is 16.2 Å². The van der Waals surface area contributed by atoms with Gasteiger partial charge in [-0.1, -0.05) is 48.0 Å². The molecule has 2 aromatic carbocycles. The minimum Gasteiger partial charge on any atom is -0.398 e. The summed E-state index contributed by atoms with van der Waals surface area (Å²) in [7, 11) is 0. The van der Waals surface area contributed by atoms with Crippen LogP contribution in [0.25, 0.3) is 11.3 Å². The molecule has 0 saturated heterocycles. The molecule has 1 aromatic heterocycles. The van der Waals surface area contributed by atoms with E-state index in [1.54, 1.807) is 6.21 Å². The molecular formula is C19H19N5. The molecule has 1 heterocycles. The Kier molecular flexibility index (Phi) is 4.52. The average molecular weight is 317 g/mol. The summed E-state index contributed by atoms with van der Waals surface area (Å²) in [6, 6.07) is 17.6. The monoisotopic (exact) mass is 317 g/mol. The Morgan fingerprint density at radius 2 is 1.75 bits per heavy atom. The number of benzene rings is 2. The van der Waals surface area contributed by atoms with E-state index in [1.165, 1.54) is 5.56 Å². The number of hydrogen-bond donors (Lipinski definition) is 2. The van der Waals surface area contributed by atoms with Gasteiger partial charge in [0.1, 0.15) is 11.6 Å². The number of hydrogen-bond acceptors (Lipinski definition) is 5. The highest BCUT2D eigenvalue weighted by molar-refractivity contribution is 5.80. The summed E-state index contributed by atoms with van der Waals surface area (Å²) in [6.07, 6.45) is 1.76. The van der Waals surface area contributed by atoms with Crippen LogP contribution < -0.4 is 11.2 Å². The van der Waals surface area contributed by atoms with Gasteiger partial charge in [0.25, 0.3) is 0 Å². The molecule has 0 atom stereocenters. The van der Waals surface area contributed by atoms with Crippen molar-refractivity contribution in [1.82, 2.24) is 9.97 Å². The first-order valence-electron chi connectivity index (χ1n) is 7.68. The Hall–Kier alpha value is -3.21. The van der Waals surface area contributed by atoms with Crippen molar-refractivity contribution in [2.45, 2.75) is 13.8 Å². The van der Waals surface area contributed by atoms with Crippen molar-refractivity contribution < 1.29 is 0 Å². The SMILES string of the molecule is Cc1ccc(/C=N/Nc2cc(-c3ccccc3N)nc(C)n2)cc1. The number of nitrogens with one attached hydrogen (secondary N) is 1. The Morgan fingerprint density at radius 1 is 1.00 bits per heavy atom. The molecule has 120 valence electrons. The third kappa shape index (κ3) is 3.76. The lowest BCUT2D eigenvalue weighted by molar-refractivity contribution is 1.05. The van der Waals surface area contributed by atoms with E-state index in [4.69, 9.17) is 5.73 Å². The van der Waals surface area contributed by atoms with E-state index in [1.807, 2.05) is 61.5 Å². The van der Waals surface area contributed by atoms with E-state index in [-0.39, 0.29) is 0 Å². The standard InChI is InChI=1S/C19H19N5/c1-13-7-9-15(10-8-13)12-21-24-19-11-18(22-14(2)23-19)16-5-3-4-6-17(16)20/h3-12H,20H2,1-2H3,(H,22,23,24)/b21-12+. The predicted octanol–water partition coefficient (Wildman–Crippen LogP) is 3.79. The summed E-state index contributed by atoms with van der Waals surface area (Å²) >= 11 is 0. The minimum atomic E-state index is 0.629. The number of anilines is 2. The summed E-state index contributed by atoms with van der Waals surface area (Å²) in [5, 5.41) is 4.24. The maximum Gasteiger partial charge on any atom is 0.150 e. The number of para-hydroxylation sites is 1. The second-order valence-corrected chi connectivity index (χ2v) is 5.55. The fourth-order valence-corrected chi connectivity index (χ4v) is 2.32. The molecule has 0 bridgehead atoms. The van der Waals surface area contributed by atoms with Crippen molar-refractivity contribution in [3.63, 3.8) is 0 Å². The highest BCUT2D eigenvalue weighted by atomic mass is 15.3. The maximum absolute atomic E-state index is 6.03. The van der Waals surface area contributed by atoms with E-state index in [9.17, 15) is 0 Å². The Balaban J connectivity index is 1.81. The normalized spacial score (nSPS) is 10.9. The van der Waals surface area contributed by atoms with Crippen LogP contribution in [0.15, 0.2) is 59.7 Å². The first-order valence-corrected chi connectivity index (χ1v) is 7.68. The molecule has 3 rings (SSSR count). The van der Waals surface area contributed by atoms with Gasteiger partial charge in [-0.15, -0.1) is 0 Å². The molecule has 0 saturated carbocycles.